The number of morpholine rings is 1. The van der Waals surface area contributed by atoms with Crippen LogP contribution >= 0.6 is 23.2 Å². The lowest BCUT2D eigenvalue weighted by atomic mass is 10.3. The summed E-state index contributed by atoms with van der Waals surface area (Å²) in [5, 5.41) is 1.03. The van der Waals surface area contributed by atoms with Crippen LogP contribution in [0.5, 0.6) is 5.75 Å². The zero-order chi connectivity index (χ0) is 12.8. The molecule has 5 heteroatoms. The SMILES string of the molecule is Clc1cccc(OCCC[NH+]2CCOCC2)c1Cl. The lowest BCUT2D eigenvalue weighted by molar-refractivity contribution is -0.908. The van der Waals surface area contributed by atoms with Crippen LogP contribution in [0.3, 0.4) is 0 Å². The van der Waals surface area contributed by atoms with Gasteiger partial charge in [-0.25, -0.2) is 0 Å². The third-order valence-electron chi connectivity index (χ3n) is 3.05. The topological polar surface area (TPSA) is 22.9 Å². The predicted octanol–water partition coefficient (Wildman–Crippen LogP) is 1.68. The van der Waals surface area contributed by atoms with E-state index in [2.05, 4.69) is 0 Å². The van der Waals surface area contributed by atoms with Crippen LogP contribution < -0.4 is 9.64 Å². The monoisotopic (exact) mass is 290 g/mol. The van der Waals surface area contributed by atoms with E-state index in [0.29, 0.717) is 22.4 Å². The van der Waals surface area contributed by atoms with Crippen LogP contribution in [0, 0.1) is 0 Å². The Kier molecular flexibility index (Phi) is 5.57. The average molecular weight is 291 g/mol. The van der Waals surface area contributed by atoms with Crippen LogP contribution in [0.4, 0.5) is 0 Å². The molecule has 1 aromatic rings. The summed E-state index contributed by atoms with van der Waals surface area (Å²) in [6.45, 7) is 5.72. The van der Waals surface area contributed by atoms with Crippen molar-refractivity contribution >= 4 is 23.2 Å². The zero-order valence-electron chi connectivity index (χ0n) is 10.3. The molecule has 1 aliphatic rings. The first kappa shape index (κ1) is 13.9. The molecular weight excluding hydrogens is 273 g/mol. The maximum Gasteiger partial charge on any atom is 0.139 e. The van der Waals surface area contributed by atoms with E-state index in [1.165, 1.54) is 0 Å². The first-order chi connectivity index (χ1) is 8.77. The molecule has 2 rings (SSSR count). The van der Waals surface area contributed by atoms with E-state index in [0.717, 1.165) is 39.3 Å². The zero-order valence-corrected chi connectivity index (χ0v) is 11.8. The molecule has 0 aromatic heterocycles. The average Bonchev–Trinajstić information content (AvgIpc) is 2.40. The second-order valence-electron chi connectivity index (χ2n) is 4.37. The molecule has 1 fully saturated rings. The number of ether oxygens (including phenoxy) is 2. The van der Waals surface area contributed by atoms with Gasteiger partial charge in [-0.2, -0.15) is 0 Å². The smallest absolute Gasteiger partial charge is 0.139 e. The molecular formula is C13H18Cl2NO2+. The van der Waals surface area contributed by atoms with E-state index in [9.17, 15) is 0 Å². The van der Waals surface area contributed by atoms with Gasteiger partial charge in [0.1, 0.15) is 23.9 Å². The summed E-state index contributed by atoms with van der Waals surface area (Å²) in [6.07, 6.45) is 1.01. The Balaban J connectivity index is 1.70. The van der Waals surface area contributed by atoms with Gasteiger partial charge in [-0.1, -0.05) is 29.3 Å². The van der Waals surface area contributed by atoms with Crippen molar-refractivity contribution in [2.45, 2.75) is 6.42 Å². The van der Waals surface area contributed by atoms with E-state index in [4.69, 9.17) is 32.7 Å². The van der Waals surface area contributed by atoms with Crippen LogP contribution in [0.15, 0.2) is 18.2 Å². The number of nitrogens with one attached hydrogen (secondary N) is 1. The van der Waals surface area contributed by atoms with Gasteiger partial charge in [0, 0.05) is 6.42 Å². The molecule has 3 nitrogen and oxygen atoms in total. The van der Waals surface area contributed by atoms with Gasteiger partial charge in [0.25, 0.3) is 0 Å². The number of rotatable bonds is 5. The van der Waals surface area contributed by atoms with Crippen molar-refractivity contribution in [3.63, 3.8) is 0 Å². The van der Waals surface area contributed by atoms with Crippen molar-refractivity contribution in [1.82, 2.24) is 0 Å². The summed E-state index contributed by atoms with van der Waals surface area (Å²) in [4.78, 5) is 1.59. The Morgan fingerprint density at radius 3 is 2.78 bits per heavy atom. The highest BCUT2D eigenvalue weighted by Crippen LogP contribution is 2.31. The lowest BCUT2D eigenvalue weighted by Gasteiger charge is -2.23. The van der Waals surface area contributed by atoms with Crippen LogP contribution in [0.25, 0.3) is 0 Å². The Hall–Kier alpha value is -0.480. The molecule has 1 N–H and O–H groups in total. The van der Waals surface area contributed by atoms with Crippen molar-refractivity contribution in [2.24, 2.45) is 0 Å². The summed E-state index contributed by atoms with van der Waals surface area (Å²) in [7, 11) is 0. The Morgan fingerprint density at radius 1 is 1.22 bits per heavy atom. The highest BCUT2D eigenvalue weighted by molar-refractivity contribution is 6.42. The van der Waals surface area contributed by atoms with Gasteiger partial charge in [-0.15, -0.1) is 0 Å². The quantitative estimate of drug-likeness (QED) is 0.834. The van der Waals surface area contributed by atoms with Gasteiger partial charge in [0.2, 0.25) is 0 Å². The van der Waals surface area contributed by atoms with Gasteiger partial charge >= 0.3 is 0 Å². The molecule has 1 aliphatic heterocycles. The minimum Gasteiger partial charge on any atom is -0.492 e. The summed E-state index contributed by atoms with van der Waals surface area (Å²) in [5.74, 6) is 0.668. The summed E-state index contributed by atoms with van der Waals surface area (Å²) < 4.78 is 11.0. The van der Waals surface area contributed by atoms with Crippen LogP contribution in [0.1, 0.15) is 6.42 Å². The van der Waals surface area contributed by atoms with E-state index in [1.807, 2.05) is 12.1 Å². The lowest BCUT2D eigenvalue weighted by Crippen LogP contribution is -3.14. The minimum atomic E-state index is 0.498. The molecule has 1 heterocycles. The van der Waals surface area contributed by atoms with Gasteiger partial charge < -0.3 is 14.4 Å². The molecule has 0 atom stereocenters. The molecule has 0 unspecified atom stereocenters. The largest absolute Gasteiger partial charge is 0.492 e. The van der Waals surface area contributed by atoms with Crippen LogP contribution in [0.2, 0.25) is 10.0 Å². The summed E-state index contributed by atoms with van der Waals surface area (Å²) in [6, 6.07) is 5.45. The molecule has 0 aliphatic carbocycles. The van der Waals surface area contributed by atoms with Gasteiger partial charge in [-0.3, -0.25) is 0 Å². The predicted molar refractivity (Wildman–Crippen MR) is 73.0 cm³/mol. The molecule has 100 valence electrons. The molecule has 0 bridgehead atoms. The van der Waals surface area contributed by atoms with Crippen molar-refractivity contribution in [2.75, 3.05) is 39.5 Å². The molecule has 0 saturated carbocycles. The maximum atomic E-state index is 6.04. The standard InChI is InChI=1S/C13H17Cl2NO2/c14-11-3-1-4-12(13(11)15)18-8-2-5-16-6-9-17-10-7-16/h1,3-4H,2,5-10H2/p+1. The first-order valence-corrected chi connectivity index (χ1v) is 7.01. The number of hydrogen-bond acceptors (Lipinski definition) is 2. The van der Waals surface area contributed by atoms with E-state index in [-0.39, 0.29) is 0 Å². The van der Waals surface area contributed by atoms with Crippen molar-refractivity contribution in [1.29, 1.82) is 0 Å². The number of halogens is 2. The van der Waals surface area contributed by atoms with Crippen molar-refractivity contribution in [3.05, 3.63) is 28.2 Å². The Labute approximate surface area is 118 Å². The second-order valence-corrected chi connectivity index (χ2v) is 5.15. The molecule has 1 aromatic carbocycles. The molecule has 0 amide bonds. The first-order valence-electron chi connectivity index (χ1n) is 6.25. The van der Waals surface area contributed by atoms with Crippen molar-refractivity contribution < 1.29 is 14.4 Å². The third kappa shape index (κ3) is 4.02. The molecule has 0 radical (unpaired) electrons. The third-order valence-corrected chi connectivity index (χ3v) is 3.85. The Morgan fingerprint density at radius 2 is 2.00 bits per heavy atom. The highest BCUT2D eigenvalue weighted by atomic mass is 35.5. The van der Waals surface area contributed by atoms with Crippen molar-refractivity contribution in [3.8, 4) is 5.75 Å². The van der Waals surface area contributed by atoms with Crippen LogP contribution in [-0.2, 0) is 4.74 Å². The fraction of sp³-hybridized carbons (Fsp3) is 0.538. The van der Waals surface area contributed by atoms with E-state index in [1.54, 1.807) is 11.0 Å². The highest BCUT2D eigenvalue weighted by Gasteiger charge is 2.13. The van der Waals surface area contributed by atoms with E-state index < -0.39 is 0 Å². The molecule has 0 spiro atoms. The number of hydrogen-bond donors (Lipinski definition) is 1. The number of benzene rings is 1. The van der Waals surface area contributed by atoms with E-state index >= 15 is 0 Å². The normalized spacial score (nSPS) is 16.8. The number of quaternary nitrogens is 1. The van der Waals surface area contributed by atoms with Crippen LogP contribution in [-0.4, -0.2) is 39.5 Å². The fourth-order valence-electron chi connectivity index (χ4n) is 2.01. The Bertz CT molecular complexity index is 381. The minimum absolute atomic E-state index is 0.498. The van der Waals surface area contributed by atoms with Gasteiger partial charge in [-0.05, 0) is 12.1 Å². The molecule has 1 saturated heterocycles. The maximum absolute atomic E-state index is 6.04. The fourth-order valence-corrected chi connectivity index (χ4v) is 2.36. The van der Waals surface area contributed by atoms with Gasteiger partial charge in [0.15, 0.2) is 0 Å². The second kappa shape index (κ2) is 7.19. The summed E-state index contributed by atoms with van der Waals surface area (Å²) in [5.41, 5.74) is 0. The summed E-state index contributed by atoms with van der Waals surface area (Å²) >= 11 is 12.0. The molecule has 18 heavy (non-hydrogen) atoms. The van der Waals surface area contributed by atoms with Gasteiger partial charge in [0.05, 0.1) is 31.4 Å².